The number of nitrogens with zero attached hydrogens (tertiary/aromatic N) is 2. The second-order valence-corrected chi connectivity index (χ2v) is 6.41. The Morgan fingerprint density at radius 1 is 0.913 bits per heavy atom. The molecule has 0 atom stereocenters. The third kappa shape index (κ3) is 3.72. The van der Waals surface area contributed by atoms with Crippen LogP contribution in [-0.2, 0) is 28.9 Å². The molecule has 1 aromatic carbocycles. The molecule has 1 N–H and O–H groups in total. The highest BCUT2D eigenvalue weighted by molar-refractivity contribution is 5.80. The van der Waals surface area contributed by atoms with Crippen LogP contribution in [0, 0.1) is 0 Å². The lowest BCUT2D eigenvalue weighted by Gasteiger charge is -2.34. The molecule has 0 radical (unpaired) electrons. The van der Waals surface area contributed by atoms with Gasteiger partial charge in [-0.2, -0.15) is 0 Å². The van der Waals surface area contributed by atoms with E-state index in [1.165, 1.54) is 24.0 Å². The van der Waals surface area contributed by atoms with E-state index in [9.17, 15) is 9.59 Å². The number of rotatable bonds is 3. The van der Waals surface area contributed by atoms with E-state index in [1.54, 1.807) is 4.90 Å². The van der Waals surface area contributed by atoms with E-state index in [1.807, 2.05) is 4.90 Å². The van der Waals surface area contributed by atoms with Gasteiger partial charge >= 0.3 is 0 Å². The molecule has 3 rings (SSSR count). The van der Waals surface area contributed by atoms with Crippen LogP contribution in [0.4, 0.5) is 0 Å². The highest BCUT2D eigenvalue weighted by atomic mass is 16.3. The van der Waals surface area contributed by atoms with Gasteiger partial charge in [-0.05, 0) is 42.4 Å². The first kappa shape index (κ1) is 16.0. The van der Waals surface area contributed by atoms with Gasteiger partial charge < -0.3 is 14.9 Å². The molecular formula is C18H24N2O3. The zero-order valence-electron chi connectivity index (χ0n) is 13.5. The fourth-order valence-corrected chi connectivity index (χ4v) is 3.49. The second-order valence-electron chi connectivity index (χ2n) is 6.41. The third-order valence-electron chi connectivity index (χ3n) is 4.89. The average Bonchev–Trinajstić information content (AvgIpc) is 2.61. The van der Waals surface area contributed by atoms with Crippen LogP contribution in [0.2, 0.25) is 0 Å². The van der Waals surface area contributed by atoms with Gasteiger partial charge in [0, 0.05) is 26.2 Å². The number of carbonyl (C=O) groups excluding carboxylic acids is 2. The lowest BCUT2D eigenvalue weighted by atomic mass is 9.90. The minimum absolute atomic E-state index is 0.122. The van der Waals surface area contributed by atoms with Crippen LogP contribution in [0.5, 0.6) is 0 Å². The normalized spacial score (nSPS) is 17.8. The Hall–Kier alpha value is -1.88. The Kier molecular flexibility index (Phi) is 4.96. The molecule has 5 nitrogen and oxygen atoms in total. The minimum atomic E-state index is -0.455. The van der Waals surface area contributed by atoms with Gasteiger partial charge in [-0.15, -0.1) is 0 Å². The Labute approximate surface area is 136 Å². The molecule has 1 aromatic rings. The third-order valence-corrected chi connectivity index (χ3v) is 4.89. The molecule has 0 spiro atoms. The summed E-state index contributed by atoms with van der Waals surface area (Å²) in [5, 5.41) is 8.88. The first-order valence-electron chi connectivity index (χ1n) is 8.44. The van der Waals surface area contributed by atoms with Crippen LogP contribution in [0.1, 0.15) is 29.5 Å². The molecule has 0 aromatic heterocycles. The van der Waals surface area contributed by atoms with E-state index < -0.39 is 6.61 Å². The highest BCUT2D eigenvalue weighted by Gasteiger charge is 2.23. The molecular weight excluding hydrogens is 292 g/mol. The van der Waals surface area contributed by atoms with E-state index in [0.29, 0.717) is 32.6 Å². The molecule has 2 amide bonds. The van der Waals surface area contributed by atoms with Gasteiger partial charge in [-0.25, -0.2) is 0 Å². The monoisotopic (exact) mass is 316 g/mol. The van der Waals surface area contributed by atoms with Crippen LogP contribution in [-0.4, -0.2) is 59.5 Å². The smallest absolute Gasteiger partial charge is 0.248 e. The number of carbonyl (C=O) groups is 2. The van der Waals surface area contributed by atoms with Crippen molar-refractivity contribution in [2.24, 2.45) is 0 Å². The first-order chi connectivity index (χ1) is 11.2. The first-order valence-corrected chi connectivity index (χ1v) is 8.44. The van der Waals surface area contributed by atoms with Gasteiger partial charge in [0.15, 0.2) is 0 Å². The maximum absolute atomic E-state index is 12.5. The molecule has 1 saturated heterocycles. The standard InChI is InChI=1S/C18H24N2O3/c21-13-18(23)20-9-7-19(8-10-20)17(22)12-14-5-6-15-3-1-2-4-16(15)11-14/h5-6,11,21H,1-4,7-10,12-13H2. The average molecular weight is 316 g/mol. The zero-order chi connectivity index (χ0) is 16.2. The maximum atomic E-state index is 12.5. The number of aliphatic hydroxyl groups excluding tert-OH is 1. The molecule has 124 valence electrons. The number of piperazine rings is 1. The van der Waals surface area contributed by atoms with Gasteiger partial charge in [0.25, 0.3) is 0 Å². The summed E-state index contributed by atoms with van der Waals surface area (Å²) in [6, 6.07) is 6.44. The van der Waals surface area contributed by atoms with Gasteiger partial charge in [0.2, 0.25) is 11.8 Å². The highest BCUT2D eigenvalue weighted by Crippen LogP contribution is 2.22. The molecule has 0 saturated carbocycles. The Bertz CT molecular complexity index is 592. The SMILES string of the molecule is O=C(CO)N1CCN(C(=O)Cc2ccc3c(c2)CCCC3)CC1. The van der Waals surface area contributed by atoms with E-state index in [-0.39, 0.29) is 11.8 Å². The zero-order valence-corrected chi connectivity index (χ0v) is 13.5. The van der Waals surface area contributed by atoms with Crippen LogP contribution in [0.25, 0.3) is 0 Å². The van der Waals surface area contributed by atoms with Crippen LogP contribution in [0.15, 0.2) is 18.2 Å². The van der Waals surface area contributed by atoms with Gasteiger partial charge in [-0.3, -0.25) is 9.59 Å². The molecule has 2 aliphatic rings. The summed E-state index contributed by atoms with van der Waals surface area (Å²) in [5.41, 5.74) is 3.92. The number of aliphatic hydroxyl groups is 1. The number of aryl methyl sites for hydroxylation is 2. The number of amides is 2. The van der Waals surface area contributed by atoms with E-state index >= 15 is 0 Å². The lowest BCUT2D eigenvalue weighted by molar-refractivity contribution is -0.140. The fourth-order valence-electron chi connectivity index (χ4n) is 3.49. The van der Waals surface area contributed by atoms with E-state index in [2.05, 4.69) is 18.2 Å². The predicted molar refractivity (Wildman–Crippen MR) is 87.0 cm³/mol. The number of hydrogen-bond donors (Lipinski definition) is 1. The van der Waals surface area contributed by atoms with Crippen LogP contribution >= 0.6 is 0 Å². The van der Waals surface area contributed by atoms with Gasteiger partial charge in [0.1, 0.15) is 6.61 Å². The summed E-state index contributed by atoms with van der Waals surface area (Å²) < 4.78 is 0. The largest absolute Gasteiger partial charge is 0.387 e. The summed E-state index contributed by atoms with van der Waals surface area (Å²) >= 11 is 0. The molecule has 1 heterocycles. The van der Waals surface area contributed by atoms with Crippen LogP contribution in [0.3, 0.4) is 0 Å². The molecule has 0 bridgehead atoms. The van der Waals surface area contributed by atoms with Crippen molar-refractivity contribution in [3.63, 3.8) is 0 Å². The molecule has 23 heavy (non-hydrogen) atoms. The van der Waals surface area contributed by atoms with E-state index in [4.69, 9.17) is 5.11 Å². The van der Waals surface area contributed by atoms with Crippen molar-refractivity contribution in [3.05, 3.63) is 34.9 Å². The molecule has 5 heteroatoms. The van der Waals surface area contributed by atoms with Gasteiger partial charge in [-0.1, -0.05) is 18.2 Å². The van der Waals surface area contributed by atoms with Crippen molar-refractivity contribution in [1.29, 1.82) is 0 Å². The number of fused-ring (bicyclic) bond motifs is 1. The molecule has 0 unspecified atom stereocenters. The quantitative estimate of drug-likeness (QED) is 0.896. The second kappa shape index (κ2) is 7.13. The van der Waals surface area contributed by atoms with Gasteiger partial charge in [0.05, 0.1) is 6.42 Å². The van der Waals surface area contributed by atoms with Crippen molar-refractivity contribution in [3.8, 4) is 0 Å². The lowest BCUT2D eigenvalue weighted by Crippen LogP contribution is -2.51. The molecule has 1 aliphatic carbocycles. The summed E-state index contributed by atoms with van der Waals surface area (Å²) in [6.07, 6.45) is 5.22. The van der Waals surface area contributed by atoms with Crippen molar-refractivity contribution >= 4 is 11.8 Å². The van der Waals surface area contributed by atoms with E-state index in [0.717, 1.165) is 18.4 Å². The summed E-state index contributed by atoms with van der Waals surface area (Å²) in [5.74, 6) is -0.136. The van der Waals surface area contributed by atoms with Crippen molar-refractivity contribution in [1.82, 2.24) is 9.80 Å². The van der Waals surface area contributed by atoms with Crippen molar-refractivity contribution < 1.29 is 14.7 Å². The Morgan fingerprint density at radius 2 is 1.52 bits per heavy atom. The Morgan fingerprint density at radius 3 is 2.17 bits per heavy atom. The summed E-state index contributed by atoms with van der Waals surface area (Å²) in [4.78, 5) is 27.3. The molecule has 1 aliphatic heterocycles. The predicted octanol–water partition coefficient (Wildman–Crippen LogP) is 0.771. The fraction of sp³-hybridized carbons (Fsp3) is 0.556. The minimum Gasteiger partial charge on any atom is -0.387 e. The summed E-state index contributed by atoms with van der Waals surface area (Å²) in [7, 11) is 0. The van der Waals surface area contributed by atoms with Crippen molar-refractivity contribution in [2.75, 3.05) is 32.8 Å². The maximum Gasteiger partial charge on any atom is 0.248 e. The number of hydrogen-bond acceptors (Lipinski definition) is 3. The van der Waals surface area contributed by atoms with Crippen molar-refractivity contribution in [2.45, 2.75) is 32.1 Å². The van der Waals surface area contributed by atoms with Crippen LogP contribution < -0.4 is 0 Å². The summed E-state index contributed by atoms with van der Waals surface area (Å²) in [6.45, 7) is 1.67. The molecule has 1 fully saturated rings. The topological polar surface area (TPSA) is 60.9 Å². The number of benzene rings is 1. The Balaban J connectivity index is 1.56.